The number of nitrogens with one attached hydrogen (secondary N) is 3. The molecule has 1 heterocycles. The molecule has 0 saturated heterocycles. The normalized spacial score (nSPS) is 11.0. The first kappa shape index (κ1) is 13.0. The van der Waals surface area contributed by atoms with Crippen LogP contribution in [0.5, 0.6) is 0 Å². The van der Waals surface area contributed by atoms with Crippen molar-refractivity contribution in [1.82, 2.24) is 15.3 Å². The highest BCUT2D eigenvalue weighted by molar-refractivity contribution is 5.67. The summed E-state index contributed by atoms with van der Waals surface area (Å²) in [6, 6.07) is 0. The molecule has 1 amide bonds. The summed E-state index contributed by atoms with van der Waals surface area (Å²) in [7, 11) is 0. The summed E-state index contributed by atoms with van der Waals surface area (Å²) >= 11 is 0. The zero-order valence-electron chi connectivity index (χ0n) is 9.92. The Kier molecular flexibility index (Phi) is 3.72. The lowest BCUT2D eigenvalue weighted by Gasteiger charge is -2.19. The van der Waals surface area contributed by atoms with Gasteiger partial charge in [0.1, 0.15) is 5.60 Å². The Morgan fingerprint density at radius 1 is 1.41 bits per heavy atom. The SMILES string of the molecule is CC(C)(C)OC(=O)NCc1c[nH]c(=O)[nH]c1=O. The van der Waals surface area contributed by atoms with Crippen LogP contribution in [0.3, 0.4) is 0 Å². The number of hydrogen-bond acceptors (Lipinski definition) is 4. The molecule has 0 unspecified atom stereocenters. The van der Waals surface area contributed by atoms with Gasteiger partial charge in [-0.3, -0.25) is 9.78 Å². The van der Waals surface area contributed by atoms with Crippen LogP contribution in [0.1, 0.15) is 26.3 Å². The maximum absolute atomic E-state index is 11.3. The van der Waals surface area contributed by atoms with Crippen molar-refractivity contribution in [3.63, 3.8) is 0 Å². The molecule has 0 aromatic carbocycles. The summed E-state index contributed by atoms with van der Waals surface area (Å²) in [6.45, 7) is 5.19. The predicted octanol–water partition coefficient (Wildman–Crippen LogP) is 0.0879. The van der Waals surface area contributed by atoms with Gasteiger partial charge in [0.15, 0.2) is 0 Å². The Hall–Kier alpha value is -2.05. The fourth-order valence-electron chi connectivity index (χ4n) is 1.05. The lowest BCUT2D eigenvalue weighted by atomic mass is 10.2. The lowest BCUT2D eigenvalue weighted by Crippen LogP contribution is -2.34. The second kappa shape index (κ2) is 4.86. The number of hydrogen-bond donors (Lipinski definition) is 3. The maximum Gasteiger partial charge on any atom is 0.407 e. The van der Waals surface area contributed by atoms with E-state index < -0.39 is 22.9 Å². The highest BCUT2D eigenvalue weighted by atomic mass is 16.6. The van der Waals surface area contributed by atoms with Crippen molar-refractivity contribution >= 4 is 6.09 Å². The van der Waals surface area contributed by atoms with Gasteiger partial charge in [-0.2, -0.15) is 0 Å². The molecule has 7 heteroatoms. The first-order valence-electron chi connectivity index (χ1n) is 5.06. The lowest BCUT2D eigenvalue weighted by molar-refractivity contribution is 0.0523. The molecule has 3 N–H and O–H groups in total. The minimum absolute atomic E-state index is 0.0129. The third-order valence-electron chi connectivity index (χ3n) is 1.72. The van der Waals surface area contributed by atoms with Gasteiger partial charge in [0.2, 0.25) is 0 Å². The predicted molar refractivity (Wildman–Crippen MR) is 60.8 cm³/mol. The van der Waals surface area contributed by atoms with E-state index in [-0.39, 0.29) is 12.1 Å². The fraction of sp³-hybridized carbons (Fsp3) is 0.500. The van der Waals surface area contributed by atoms with Crippen LogP contribution in [0.2, 0.25) is 0 Å². The van der Waals surface area contributed by atoms with Crippen LogP contribution in [-0.4, -0.2) is 21.7 Å². The molecule has 0 atom stereocenters. The molecule has 0 aliphatic heterocycles. The Morgan fingerprint density at radius 2 is 2.06 bits per heavy atom. The van der Waals surface area contributed by atoms with E-state index in [9.17, 15) is 14.4 Å². The topological polar surface area (TPSA) is 104 Å². The van der Waals surface area contributed by atoms with Gasteiger partial charge in [0, 0.05) is 6.20 Å². The van der Waals surface area contributed by atoms with Crippen molar-refractivity contribution in [3.8, 4) is 0 Å². The van der Waals surface area contributed by atoms with Crippen molar-refractivity contribution < 1.29 is 9.53 Å². The Bertz CT molecular complexity index is 509. The molecule has 0 radical (unpaired) electrons. The van der Waals surface area contributed by atoms with Gasteiger partial charge < -0.3 is 15.0 Å². The van der Waals surface area contributed by atoms with E-state index in [0.29, 0.717) is 0 Å². The monoisotopic (exact) mass is 241 g/mol. The van der Waals surface area contributed by atoms with E-state index in [1.54, 1.807) is 20.8 Å². The van der Waals surface area contributed by atoms with Gasteiger partial charge >= 0.3 is 11.8 Å². The second-order valence-electron chi connectivity index (χ2n) is 4.45. The summed E-state index contributed by atoms with van der Waals surface area (Å²) in [5, 5.41) is 2.41. The Morgan fingerprint density at radius 3 is 2.59 bits per heavy atom. The Labute approximate surface area is 97.2 Å². The third kappa shape index (κ3) is 4.54. The molecule has 1 rings (SSSR count). The fourth-order valence-corrected chi connectivity index (χ4v) is 1.05. The van der Waals surface area contributed by atoms with E-state index >= 15 is 0 Å². The van der Waals surface area contributed by atoms with Crippen molar-refractivity contribution in [2.45, 2.75) is 32.9 Å². The molecule has 94 valence electrons. The van der Waals surface area contributed by atoms with Gasteiger partial charge in [-0.15, -0.1) is 0 Å². The van der Waals surface area contributed by atoms with Gasteiger partial charge in [-0.05, 0) is 20.8 Å². The summed E-state index contributed by atoms with van der Waals surface area (Å²) in [6.07, 6.45) is 0.626. The van der Waals surface area contributed by atoms with Gasteiger partial charge in [-0.1, -0.05) is 0 Å². The van der Waals surface area contributed by atoms with Gasteiger partial charge in [0.05, 0.1) is 12.1 Å². The molecule has 0 fully saturated rings. The number of rotatable bonds is 2. The third-order valence-corrected chi connectivity index (χ3v) is 1.72. The highest BCUT2D eigenvalue weighted by Gasteiger charge is 2.15. The van der Waals surface area contributed by atoms with Crippen LogP contribution in [0.15, 0.2) is 15.8 Å². The number of H-pyrrole nitrogens is 2. The Balaban J connectivity index is 2.59. The van der Waals surface area contributed by atoms with Crippen LogP contribution in [-0.2, 0) is 11.3 Å². The van der Waals surface area contributed by atoms with Crippen molar-refractivity contribution in [2.24, 2.45) is 0 Å². The van der Waals surface area contributed by atoms with E-state index in [0.717, 1.165) is 0 Å². The van der Waals surface area contributed by atoms with Crippen LogP contribution in [0, 0.1) is 0 Å². The van der Waals surface area contributed by atoms with Crippen LogP contribution < -0.4 is 16.6 Å². The molecule has 1 aromatic rings. The highest BCUT2D eigenvalue weighted by Crippen LogP contribution is 2.06. The largest absolute Gasteiger partial charge is 0.444 e. The zero-order chi connectivity index (χ0) is 13.1. The number of aromatic amines is 2. The first-order chi connectivity index (χ1) is 7.78. The average molecular weight is 241 g/mol. The molecule has 0 bridgehead atoms. The maximum atomic E-state index is 11.3. The summed E-state index contributed by atoms with van der Waals surface area (Å²) in [5.41, 5.74) is -1.47. The molecule has 1 aromatic heterocycles. The minimum atomic E-state index is -0.622. The standard InChI is InChI=1S/C10H15N3O4/c1-10(2,3)17-9(16)12-5-6-4-11-8(15)13-7(6)14/h4H,5H2,1-3H3,(H,12,16)(H2,11,13,14,15). The average Bonchev–Trinajstić information content (AvgIpc) is 2.13. The van der Waals surface area contributed by atoms with Crippen LogP contribution >= 0.6 is 0 Å². The number of aromatic nitrogens is 2. The first-order valence-corrected chi connectivity index (χ1v) is 5.06. The zero-order valence-corrected chi connectivity index (χ0v) is 9.92. The molecule has 0 aliphatic rings. The molecule has 0 spiro atoms. The molecule has 0 aliphatic carbocycles. The number of amides is 1. The molecule has 17 heavy (non-hydrogen) atoms. The summed E-state index contributed by atoms with van der Waals surface area (Å²) in [5.74, 6) is 0. The minimum Gasteiger partial charge on any atom is -0.444 e. The number of ether oxygens (including phenoxy) is 1. The summed E-state index contributed by atoms with van der Waals surface area (Å²) < 4.78 is 4.99. The molecular weight excluding hydrogens is 226 g/mol. The van der Waals surface area contributed by atoms with E-state index in [4.69, 9.17) is 4.74 Å². The number of carbonyl (C=O) groups excluding carboxylic acids is 1. The second-order valence-corrected chi connectivity index (χ2v) is 4.45. The van der Waals surface area contributed by atoms with Crippen molar-refractivity contribution in [3.05, 3.63) is 32.6 Å². The smallest absolute Gasteiger partial charge is 0.407 e. The summed E-state index contributed by atoms with van der Waals surface area (Å²) in [4.78, 5) is 37.7. The molecule has 0 saturated carbocycles. The van der Waals surface area contributed by atoms with Crippen molar-refractivity contribution in [1.29, 1.82) is 0 Å². The van der Waals surface area contributed by atoms with Crippen LogP contribution in [0.25, 0.3) is 0 Å². The van der Waals surface area contributed by atoms with Gasteiger partial charge in [0.25, 0.3) is 5.56 Å². The number of alkyl carbamates (subject to hydrolysis) is 1. The van der Waals surface area contributed by atoms with Crippen LogP contribution in [0.4, 0.5) is 4.79 Å². The number of carbonyl (C=O) groups is 1. The van der Waals surface area contributed by atoms with Crippen molar-refractivity contribution in [2.75, 3.05) is 0 Å². The van der Waals surface area contributed by atoms with E-state index in [1.807, 2.05) is 0 Å². The molecular formula is C10H15N3O4. The quantitative estimate of drug-likeness (QED) is 0.682. The van der Waals surface area contributed by atoms with E-state index in [2.05, 4.69) is 15.3 Å². The van der Waals surface area contributed by atoms with E-state index in [1.165, 1.54) is 6.20 Å². The van der Waals surface area contributed by atoms with Gasteiger partial charge in [-0.25, -0.2) is 9.59 Å². The molecule has 7 nitrogen and oxygen atoms in total.